The van der Waals surface area contributed by atoms with Gasteiger partial charge in [-0.3, -0.25) is 4.90 Å². The molecule has 2 nitrogen and oxygen atoms in total. The minimum atomic E-state index is 0.216. The maximum Gasteiger partial charge on any atom is 0.0594 e. The van der Waals surface area contributed by atoms with Gasteiger partial charge in [0.1, 0.15) is 0 Å². The molecule has 0 N–H and O–H groups in total. The molecule has 1 saturated heterocycles. The maximum absolute atomic E-state index is 5.35. The Bertz CT molecular complexity index is 425. The van der Waals surface area contributed by atoms with Crippen LogP contribution in [0.4, 0.5) is 0 Å². The number of morpholine rings is 1. The predicted octanol–water partition coefficient (Wildman–Crippen LogP) is 3.33. The van der Waals surface area contributed by atoms with Gasteiger partial charge >= 0.3 is 0 Å². The van der Waals surface area contributed by atoms with Crippen LogP contribution in [0.25, 0.3) is 6.08 Å². The highest BCUT2D eigenvalue weighted by molar-refractivity contribution is 5.51. The van der Waals surface area contributed by atoms with Crippen molar-refractivity contribution in [3.63, 3.8) is 0 Å². The van der Waals surface area contributed by atoms with E-state index in [2.05, 4.69) is 62.1 Å². The standard InChI is InChI=1S/C17H25NO/c1-17(2,3)16-8-4-6-15(14-16)7-5-9-18-10-12-19-13-11-18/h4-8,14H,9-13H2,1-3H3/b7-5+. The van der Waals surface area contributed by atoms with Gasteiger partial charge < -0.3 is 4.74 Å². The van der Waals surface area contributed by atoms with Crippen molar-refractivity contribution in [2.45, 2.75) is 26.2 Å². The highest BCUT2D eigenvalue weighted by Crippen LogP contribution is 2.23. The molecule has 0 bridgehead atoms. The second-order valence-corrected chi connectivity index (χ2v) is 6.19. The average Bonchev–Trinajstić information content (AvgIpc) is 2.39. The van der Waals surface area contributed by atoms with Crippen molar-refractivity contribution in [1.82, 2.24) is 4.90 Å². The van der Waals surface area contributed by atoms with Crippen molar-refractivity contribution in [2.75, 3.05) is 32.8 Å². The number of hydrogen-bond donors (Lipinski definition) is 0. The summed E-state index contributed by atoms with van der Waals surface area (Å²) in [7, 11) is 0. The quantitative estimate of drug-likeness (QED) is 0.825. The van der Waals surface area contributed by atoms with Gasteiger partial charge in [0.15, 0.2) is 0 Å². The third kappa shape index (κ3) is 4.48. The molecule has 0 atom stereocenters. The van der Waals surface area contributed by atoms with Gasteiger partial charge in [-0.2, -0.15) is 0 Å². The lowest BCUT2D eigenvalue weighted by atomic mass is 9.86. The van der Waals surface area contributed by atoms with E-state index in [4.69, 9.17) is 4.74 Å². The molecule has 2 heteroatoms. The van der Waals surface area contributed by atoms with Crippen LogP contribution < -0.4 is 0 Å². The fourth-order valence-electron chi connectivity index (χ4n) is 2.23. The molecule has 0 radical (unpaired) electrons. The molecule has 19 heavy (non-hydrogen) atoms. The van der Waals surface area contributed by atoms with Crippen molar-refractivity contribution in [1.29, 1.82) is 0 Å². The van der Waals surface area contributed by atoms with Crippen molar-refractivity contribution in [3.8, 4) is 0 Å². The van der Waals surface area contributed by atoms with Crippen LogP contribution in [-0.2, 0) is 10.2 Å². The van der Waals surface area contributed by atoms with Gasteiger partial charge in [0.25, 0.3) is 0 Å². The van der Waals surface area contributed by atoms with Gasteiger partial charge in [0, 0.05) is 19.6 Å². The van der Waals surface area contributed by atoms with Crippen LogP contribution in [0.3, 0.4) is 0 Å². The first-order valence-electron chi connectivity index (χ1n) is 7.13. The fraction of sp³-hybridized carbons (Fsp3) is 0.529. The van der Waals surface area contributed by atoms with Gasteiger partial charge in [0.2, 0.25) is 0 Å². The van der Waals surface area contributed by atoms with Crippen molar-refractivity contribution in [3.05, 3.63) is 41.5 Å². The zero-order valence-electron chi connectivity index (χ0n) is 12.4. The Morgan fingerprint density at radius 3 is 2.63 bits per heavy atom. The molecule has 0 aromatic heterocycles. The van der Waals surface area contributed by atoms with Crippen LogP contribution in [0.2, 0.25) is 0 Å². The molecule has 1 fully saturated rings. The number of nitrogens with zero attached hydrogens (tertiary/aromatic N) is 1. The Labute approximate surface area is 117 Å². The first kappa shape index (κ1) is 14.3. The number of hydrogen-bond acceptors (Lipinski definition) is 2. The lowest BCUT2D eigenvalue weighted by molar-refractivity contribution is 0.0435. The van der Waals surface area contributed by atoms with Gasteiger partial charge in [-0.25, -0.2) is 0 Å². The monoisotopic (exact) mass is 259 g/mol. The first-order valence-corrected chi connectivity index (χ1v) is 7.13. The van der Waals surface area contributed by atoms with E-state index in [1.54, 1.807) is 0 Å². The van der Waals surface area contributed by atoms with Crippen molar-refractivity contribution < 1.29 is 4.74 Å². The van der Waals surface area contributed by atoms with Crippen LogP contribution in [0, 0.1) is 0 Å². The molecule has 0 spiro atoms. The van der Waals surface area contributed by atoms with E-state index in [1.807, 2.05) is 0 Å². The molecule has 0 unspecified atom stereocenters. The summed E-state index contributed by atoms with van der Waals surface area (Å²) in [5, 5.41) is 0. The fourth-order valence-corrected chi connectivity index (χ4v) is 2.23. The van der Waals surface area contributed by atoms with E-state index >= 15 is 0 Å². The van der Waals surface area contributed by atoms with E-state index in [1.165, 1.54) is 11.1 Å². The second-order valence-electron chi connectivity index (χ2n) is 6.19. The van der Waals surface area contributed by atoms with E-state index in [0.29, 0.717) is 0 Å². The molecular formula is C17H25NO. The van der Waals surface area contributed by atoms with Crippen molar-refractivity contribution >= 4 is 6.08 Å². The zero-order valence-corrected chi connectivity index (χ0v) is 12.4. The predicted molar refractivity (Wildman–Crippen MR) is 81.4 cm³/mol. The van der Waals surface area contributed by atoms with Crippen LogP contribution in [0.1, 0.15) is 31.9 Å². The molecule has 1 aliphatic heterocycles. The Hall–Kier alpha value is -1.12. The highest BCUT2D eigenvalue weighted by atomic mass is 16.5. The van der Waals surface area contributed by atoms with Gasteiger partial charge in [-0.05, 0) is 16.5 Å². The number of ether oxygens (including phenoxy) is 1. The Kier molecular flexibility index (Phi) is 4.78. The zero-order chi connectivity index (χ0) is 13.7. The Morgan fingerprint density at radius 1 is 1.21 bits per heavy atom. The third-order valence-corrected chi connectivity index (χ3v) is 3.53. The summed E-state index contributed by atoms with van der Waals surface area (Å²) < 4.78 is 5.35. The van der Waals surface area contributed by atoms with Crippen LogP contribution >= 0.6 is 0 Å². The summed E-state index contributed by atoms with van der Waals surface area (Å²) >= 11 is 0. The minimum absolute atomic E-state index is 0.216. The summed E-state index contributed by atoms with van der Waals surface area (Å²) in [6.07, 6.45) is 4.48. The molecule has 104 valence electrons. The molecule has 1 heterocycles. The molecule has 0 aliphatic carbocycles. The molecule has 1 aromatic rings. The number of rotatable bonds is 3. The van der Waals surface area contributed by atoms with E-state index < -0.39 is 0 Å². The largest absolute Gasteiger partial charge is 0.379 e. The second kappa shape index (κ2) is 6.36. The SMILES string of the molecule is CC(C)(C)c1cccc(/C=C/CN2CCOCC2)c1. The van der Waals surface area contributed by atoms with Crippen LogP contribution in [-0.4, -0.2) is 37.7 Å². The van der Waals surface area contributed by atoms with E-state index in [0.717, 1.165) is 32.8 Å². The Morgan fingerprint density at radius 2 is 1.95 bits per heavy atom. The summed E-state index contributed by atoms with van der Waals surface area (Å²) in [5.41, 5.74) is 2.90. The molecule has 0 saturated carbocycles. The van der Waals surface area contributed by atoms with Gasteiger partial charge in [0.05, 0.1) is 13.2 Å². The van der Waals surface area contributed by atoms with E-state index in [9.17, 15) is 0 Å². The average molecular weight is 259 g/mol. The highest BCUT2D eigenvalue weighted by Gasteiger charge is 2.13. The minimum Gasteiger partial charge on any atom is -0.379 e. The summed E-state index contributed by atoms with van der Waals surface area (Å²) in [4.78, 5) is 2.42. The van der Waals surface area contributed by atoms with Gasteiger partial charge in [-0.1, -0.05) is 57.2 Å². The Balaban J connectivity index is 1.94. The first-order chi connectivity index (χ1) is 9.05. The summed E-state index contributed by atoms with van der Waals surface area (Å²) in [6, 6.07) is 8.81. The molecule has 2 rings (SSSR count). The molecule has 0 amide bonds. The lowest BCUT2D eigenvalue weighted by Crippen LogP contribution is -2.36. The lowest BCUT2D eigenvalue weighted by Gasteiger charge is -2.25. The number of benzene rings is 1. The molecule has 1 aromatic carbocycles. The summed E-state index contributed by atoms with van der Waals surface area (Å²) in [6.45, 7) is 11.6. The molecule has 1 aliphatic rings. The molecular weight excluding hydrogens is 234 g/mol. The summed E-state index contributed by atoms with van der Waals surface area (Å²) in [5.74, 6) is 0. The third-order valence-electron chi connectivity index (χ3n) is 3.53. The smallest absolute Gasteiger partial charge is 0.0594 e. The van der Waals surface area contributed by atoms with E-state index in [-0.39, 0.29) is 5.41 Å². The normalized spacial score (nSPS) is 18.1. The maximum atomic E-state index is 5.35. The van der Waals surface area contributed by atoms with Crippen LogP contribution in [0.15, 0.2) is 30.3 Å². The topological polar surface area (TPSA) is 12.5 Å². The van der Waals surface area contributed by atoms with Crippen LogP contribution in [0.5, 0.6) is 0 Å². The van der Waals surface area contributed by atoms with Crippen molar-refractivity contribution in [2.24, 2.45) is 0 Å². The van der Waals surface area contributed by atoms with Gasteiger partial charge in [-0.15, -0.1) is 0 Å².